The van der Waals surface area contributed by atoms with E-state index in [0.717, 1.165) is 22.0 Å². The minimum absolute atomic E-state index is 0.0674. The molecule has 0 bridgehead atoms. The van der Waals surface area contributed by atoms with Crippen molar-refractivity contribution in [1.82, 2.24) is 4.57 Å². The Kier molecular flexibility index (Phi) is 4.44. The second-order valence-electron chi connectivity index (χ2n) is 6.03. The van der Waals surface area contributed by atoms with Gasteiger partial charge in [-0.2, -0.15) is 0 Å². The third-order valence-corrected chi connectivity index (χ3v) is 6.02. The second-order valence-corrected chi connectivity index (χ2v) is 8.58. The summed E-state index contributed by atoms with van der Waals surface area (Å²) in [6.07, 6.45) is 1.97. The molecule has 2 N–H and O–H groups in total. The number of hydrogen-bond donors (Lipinski definition) is 1. The number of rotatable bonds is 5. The second kappa shape index (κ2) is 5.81. The fourth-order valence-corrected chi connectivity index (χ4v) is 3.55. The fourth-order valence-electron chi connectivity index (χ4n) is 2.56. The molecule has 0 unspecified atom stereocenters. The molecule has 1 aromatic heterocycles. The van der Waals surface area contributed by atoms with Crippen molar-refractivity contribution in [3.63, 3.8) is 0 Å². The van der Waals surface area contributed by atoms with Crippen LogP contribution in [0.15, 0.2) is 24.4 Å². The molecule has 0 fully saturated rings. The minimum atomic E-state index is -3.13. The average molecular weight is 308 g/mol. The van der Waals surface area contributed by atoms with E-state index >= 15 is 0 Å². The molecule has 0 radical (unpaired) electrons. The zero-order valence-electron chi connectivity index (χ0n) is 13.1. The number of nitrogens with two attached hydrogens (primary N) is 1. The number of sulfone groups is 1. The third-order valence-electron chi connectivity index (χ3n) is 3.87. The Morgan fingerprint density at radius 3 is 2.33 bits per heavy atom. The Hall–Kier alpha value is -1.33. The zero-order chi connectivity index (χ0) is 15.8. The number of aromatic nitrogens is 1. The van der Waals surface area contributed by atoms with Crippen molar-refractivity contribution in [3.8, 4) is 0 Å². The predicted octanol–water partition coefficient (Wildman–Crippen LogP) is 3.00. The molecular weight excluding hydrogens is 284 g/mol. The molecule has 0 atom stereocenters. The lowest BCUT2D eigenvalue weighted by Crippen LogP contribution is -2.16. The molecule has 5 heteroatoms. The zero-order valence-corrected chi connectivity index (χ0v) is 13.9. The highest BCUT2D eigenvalue weighted by molar-refractivity contribution is 7.91. The Labute approximate surface area is 126 Å². The molecule has 0 aliphatic carbocycles. The van der Waals surface area contributed by atoms with Crippen LogP contribution in [0.1, 0.15) is 44.9 Å². The monoisotopic (exact) mass is 308 g/mol. The first-order valence-corrected chi connectivity index (χ1v) is 9.02. The van der Waals surface area contributed by atoms with Gasteiger partial charge in [-0.3, -0.25) is 0 Å². The van der Waals surface area contributed by atoms with E-state index < -0.39 is 9.84 Å². The van der Waals surface area contributed by atoms with Crippen molar-refractivity contribution in [1.29, 1.82) is 0 Å². The molecular formula is C16H24N2O2S. The maximum absolute atomic E-state index is 12.3. The van der Waals surface area contributed by atoms with E-state index in [4.69, 9.17) is 5.73 Å². The van der Waals surface area contributed by atoms with E-state index in [1.807, 2.05) is 24.4 Å². The molecule has 0 spiro atoms. The van der Waals surface area contributed by atoms with Gasteiger partial charge in [-0.15, -0.1) is 0 Å². The molecule has 116 valence electrons. The fraction of sp³-hybridized carbons (Fsp3) is 0.500. The van der Waals surface area contributed by atoms with Crippen LogP contribution in [0.5, 0.6) is 0 Å². The van der Waals surface area contributed by atoms with Crippen molar-refractivity contribution < 1.29 is 8.42 Å². The quantitative estimate of drug-likeness (QED) is 0.923. The van der Waals surface area contributed by atoms with E-state index in [0.29, 0.717) is 6.54 Å². The average Bonchev–Trinajstić information content (AvgIpc) is 2.77. The Morgan fingerprint density at radius 1 is 1.14 bits per heavy atom. The highest BCUT2D eigenvalue weighted by Gasteiger charge is 2.21. The van der Waals surface area contributed by atoms with Crippen LogP contribution in [0.3, 0.4) is 0 Å². The van der Waals surface area contributed by atoms with Gasteiger partial charge in [-0.25, -0.2) is 8.42 Å². The molecule has 0 amide bonds. The molecule has 2 rings (SSSR count). The van der Waals surface area contributed by atoms with E-state index in [2.05, 4.69) is 18.4 Å². The van der Waals surface area contributed by atoms with E-state index in [1.54, 1.807) is 13.8 Å². The summed E-state index contributed by atoms with van der Waals surface area (Å²) in [5.74, 6) is 0.0674. The normalized spacial score (nSPS) is 12.7. The first-order chi connectivity index (χ1) is 9.77. The van der Waals surface area contributed by atoms with Crippen LogP contribution in [0.25, 0.3) is 10.9 Å². The number of fused-ring (bicyclic) bond motifs is 1. The predicted molar refractivity (Wildman–Crippen MR) is 88.0 cm³/mol. The molecule has 0 saturated carbocycles. The van der Waals surface area contributed by atoms with Crippen molar-refractivity contribution in [2.75, 3.05) is 0 Å². The molecule has 1 aromatic carbocycles. The van der Waals surface area contributed by atoms with Crippen LogP contribution in [-0.4, -0.2) is 18.2 Å². The van der Waals surface area contributed by atoms with Gasteiger partial charge >= 0.3 is 0 Å². The number of hydrogen-bond acceptors (Lipinski definition) is 3. The molecule has 2 aromatic rings. The molecule has 4 nitrogen and oxygen atoms in total. The lowest BCUT2D eigenvalue weighted by atomic mass is 10.1. The maximum atomic E-state index is 12.3. The van der Waals surface area contributed by atoms with Gasteiger partial charge in [0.15, 0.2) is 9.84 Å². The minimum Gasteiger partial charge on any atom is -0.345 e. The van der Waals surface area contributed by atoms with E-state index in [-0.39, 0.29) is 17.0 Å². The lowest BCUT2D eigenvalue weighted by molar-refractivity contribution is 0.586. The van der Waals surface area contributed by atoms with Gasteiger partial charge in [0, 0.05) is 29.7 Å². The van der Waals surface area contributed by atoms with Crippen LogP contribution >= 0.6 is 0 Å². The van der Waals surface area contributed by atoms with Crippen LogP contribution in [0.2, 0.25) is 0 Å². The van der Waals surface area contributed by atoms with Crippen molar-refractivity contribution in [2.45, 2.75) is 51.3 Å². The summed E-state index contributed by atoms with van der Waals surface area (Å²) in [7, 11) is -3.13. The highest BCUT2D eigenvalue weighted by atomic mass is 32.2. The van der Waals surface area contributed by atoms with Gasteiger partial charge in [0.1, 0.15) is 0 Å². The van der Waals surface area contributed by atoms with Gasteiger partial charge in [0.25, 0.3) is 0 Å². The largest absolute Gasteiger partial charge is 0.345 e. The number of benzene rings is 1. The van der Waals surface area contributed by atoms with Crippen molar-refractivity contribution in [3.05, 3.63) is 35.5 Å². The van der Waals surface area contributed by atoms with Crippen LogP contribution in [0.4, 0.5) is 0 Å². The third kappa shape index (κ3) is 2.99. The van der Waals surface area contributed by atoms with Gasteiger partial charge in [-0.1, -0.05) is 12.1 Å². The smallest absolute Gasteiger partial charge is 0.156 e. The Morgan fingerprint density at radius 2 is 1.81 bits per heavy atom. The van der Waals surface area contributed by atoms with Gasteiger partial charge in [0.05, 0.1) is 11.0 Å². The number of nitrogens with zero attached hydrogens (tertiary/aromatic N) is 1. The van der Waals surface area contributed by atoms with Crippen molar-refractivity contribution >= 4 is 20.7 Å². The molecule has 1 heterocycles. The highest BCUT2D eigenvalue weighted by Crippen LogP contribution is 2.29. The standard InChI is InChI=1S/C16H24N2O2S/c1-11(2)18-9-14(10-21(19,20)12(3)4)16-13(8-17)6-5-7-15(16)18/h5-7,9,11-12H,8,10,17H2,1-4H3. The lowest BCUT2D eigenvalue weighted by Gasteiger charge is -2.09. The van der Waals surface area contributed by atoms with Crippen LogP contribution in [-0.2, 0) is 22.1 Å². The molecule has 0 saturated heterocycles. The Bertz CT molecular complexity index is 743. The maximum Gasteiger partial charge on any atom is 0.156 e. The van der Waals surface area contributed by atoms with Gasteiger partial charge in [-0.05, 0) is 44.9 Å². The Balaban J connectivity index is 2.68. The topological polar surface area (TPSA) is 65.1 Å². The molecule has 0 aliphatic heterocycles. The van der Waals surface area contributed by atoms with Crippen molar-refractivity contribution in [2.24, 2.45) is 5.73 Å². The van der Waals surface area contributed by atoms with Gasteiger partial charge < -0.3 is 10.3 Å². The summed E-state index contributed by atoms with van der Waals surface area (Å²) in [4.78, 5) is 0. The van der Waals surface area contributed by atoms with Gasteiger partial charge in [0.2, 0.25) is 0 Å². The first kappa shape index (κ1) is 16.0. The van der Waals surface area contributed by atoms with Crippen LogP contribution < -0.4 is 5.73 Å². The summed E-state index contributed by atoms with van der Waals surface area (Å²) in [5, 5.41) is 0.623. The summed E-state index contributed by atoms with van der Waals surface area (Å²) in [6, 6.07) is 6.25. The summed E-state index contributed by atoms with van der Waals surface area (Å²) >= 11 is 0. The first-order valence-electron chi connectivity index (χ1n) is 7.31. The summed E-state index contributed by atoms with van der Waals surface area (Å²) in [6.45, 7) is 8.04. The molecule has 0 aliphatic rings. The summed E-state index contributed by atoms with van der Waals surface area (Å²) in [5.41, 5.74) is 8.75. The van der Waals surface area contributed by atoms with E-state index in [9.17, 15) is 8.42 Å². The SMILES string of the molecule is CC(C)n1cc(CS(=O)(=O)C(C)C)c2c(CN)cccc21. The van der Waals surface area contributed by atoms with Crippen LogP contribution in [0, 0.1) is 0 Å². The summed E-state index contributed by atoms with van der Waals surface area (Å²) < 4.78 is 26.7. The van der Waals surface area contributed by atoms with E-state index in [1.165, 1.54) is 0 Å². The molecule has 21 heavy (non-hydrogen) atoms.